The van der Waals surface area contributed by atoms with Crippen LogP contribution in [-0.4, -0.2) is 44.1 Å². The van der Waals surface area contributed by atoms with Gasteiger partial charge in [0.25, 0.3) is 0 Å². The molecule has 5 heterocycles. The first-order chi connectivity index (χ1) is 13.4. The number of aromatic nitrogens is 5. The third kappa shape index (κ3) is 3.28. The van der Waals surface area contributed by atoms with Crippen molar-refractivity contribution in [2.75, 3.05) is 19.8 Å². The number of hydrogen-bond acceptors (Lipinski definition) is 5. The number of imidazole rings is 1. The molecule has 1 fully saturated rings. The fourth-order valence-electron chi connectivity index (χ4n) is 4.16. The molecule has 140 valence electrons. The van der Waals surface area contributed by atoms with Gasteiger partial charge in [0.1, 0.15) is 5.69 Å². The van der Waals surface area contributed by atoms with E-state index >= 15 is 0 Å². The molecule has 2 aliphatic rings. The number of fused-ring (bicyclic) bond motifs is 1. The summed E-state index contributed by atoms with van der Waals surface area (Å²) in [7, 11) is 0. The number of rotatable bonds is 4. The van der Waals surface area contributed by atoms with E-state index in [1.807, 2.05) is 18.6 Å². The highest BCUT2D eigenvalue weighted by molar-refractivity contribution is 5.51. The SMILES string of the molecule is c1cc(C[C@@H]2COC[C@H]2n2ccnc2-c2cc3n(n2)CCCNC3)ccn1. The molecule has 7 nitrogen and oxygen atoms in total. The van der Waals surface area contributed by atoms with Crippen molar-refractivity contribution in [2.45, 2.75) is 32.0 Å². The number of nitrogens with zero attached hydrogens (tertiary/aromatic N) is 5. The van der Waals surface area contributed by atoms with Gasteiger partial charge < -0.3 is 14.6 Å². The summed E-state index contributed by atoms with van der Waals surface area (Å²) in [6.45, 7) is 4.36. The third-order valence-electron chi connectivity index (χ3n) is 5.56. The average molecular weight is 364 g/mol. The van der Waals surface area contributed by atoms with Gasteiger partial charge in [0.15, 0.2) is 5.82 Å². The number of ether oxygens (including phenoxy) is 1. The van der Waals surface area contributed by atoms with Crippen LogP contribution in [0.3, 0.4) is 0 Å². The van der Waals surface area contributed by atoms with Gasteiger partial charge in [-0.05, 0) is 43.1 Å². The minimum absolute atomic E-state index is 0.273. The van der Waals surface area contributed by atoms with Crippen molar-refractivity contribution in [3.8, 4) is 11.5 Å². The van der Waals surface area contributed by atoms with Crippen LogP contribution < -0.4 is 5.32 Å². The van der Waals surface area contributed by atoms with Gasteiger partial charge in [-0.15, -0.1) is 0 Å². The van der Waals surface area contributed by atoms with Crippen molar-refractivity contribution >= 4 is 0 Å². The van der Waals surface area contributed by atoms with Gasteiger partial charge in [-0.1, -0.05) is 0 Å². The maximum Gasteiger partial charge on any atom is 0.160 e. The van der Waals surface area contributed by atoms with Gasteiger partial charge in [-0.3, -0.25) is 9.67 Å². The molecule has 5 rings (SSSR count). The van der Waals surface area contributed by atoms with Crippen molar-refractivity contribution < 1.29 is 4.74 Å². The molecule has 2 aliphatic heterocycles. The minimum Gasteiger partial charge on any atom is -0.379 e. The third-order valence-corrected chi connectivity index (χ3v) is 5.56. The number of nitrogens with one attached hydrogen (secondary N) is 1. The first-order valence-electron chi connectivity index (χ1n) is 9.66. The van der Waals surface area contributed by atoms with Gasteiger partial charge in [0.05, 0.1) is 24.9 Å². The van der Waals surface area contributed by atoms with Gasteiger partial charge in [0, 0.05) is 43.8 Å². The summed E-state index contributed by atoms with van der Waals surface area (Å²) in [5.41, 5.74) is 3.48. The van der Waals surface area contributed by atoms with Crippen LogP contribution in [-0.2, 0) is 24.2 Å². The Morgan fingerprint density at radius 1 is 1.19 bits per heavy atom. The molecule has 0 spiro atoms. The van der Waals surface area contributed by atoms with Crippen LogP contribution in [0, 0.1) is 5.92 Å². The zero-order valence-electron chi connectivity index (χ0n) is 15.3. The lowest BCUT2D eigenvalue weighted by atomic mass is 9.95. The molecule has 0 bridgehead atoms. The van der Waals surface area contributed by atoms with E-state index in [9.17, 15) is 0 Å². The lowest BCUT2D eigenvalue weighted by Gasteiger charge is -2.20. The Morgan fingerprint density at radius 3 is 3.04 bits per heavy atom. The highest BCUT2D eigenvalue weighted by atomic mass is 16.5. The normalized spacial score (nSPS) is 22.5. The van der Waals surface area contributed by atoms with Crippen molar-refractivity contribution in [2.24, 2.45) is 5.92 Å². The topological polar surface area (TPSA) is 69.8 Å². The molecule has 1 saturated heterocycles. The van der Waals surface area contributed by atoms with Crippen LogP contribution >= 0.6 is 0 Å². The van der Waals surface area contributed by atoms with Gasteiger partial charge in [-0.2, -0.15) is 5.10 Å². The predicted molar refractivity (Wildman–Crippen MR) is 101 cm³/mol. The van der Waals surface area contributed by atoms with Crippen LogP contribution in [0.25, 0.3) is 11.5 Å². The quantitative estimate of drug-likeness (QED) is 0.767. The molecule has 0 amide bonds. The summed E-state index contributed by atoms with van der Waals surface area (Å²) >= 11 is 0. The lowest BCUT2D eigenvalue weighted by Crippen LogP contribution is -2.20. The minimum atomic E-state index is 0.273. The first-order valence-corrected chi connectivity index (χ1v) is 9.66. The van der Waals surface area contributed by atoms with Crippen LogP contribution in [0.1, 0.15) is 23.7 Å². The average Bonchev–Trinajstić information content (AvgIpc) is 3.40. The Morgan fingerprint density at radius 2 is 2.11 bits per heavy atom. The Bertz CT molecular complexity index is 879. The molecule has 0 aromatic carbocycles. The van der Waals surface area contributed by atoms with E-state index in [1.54, 1.807) is 0 Å². The number of hydrogen-bond donors (Lipinski definition) is 1. The molecule has 2 atom stereocenters. The van der Waals surface area contributed by atoms with E-state index < -0.39 is 0 Å². The van der Waals surface area contributed by atoms with Crippen LogP contribution in [0.15, 0.2) is 43.0 Å². The van der Waals surface area contributed by atoms with Crippen molar-refractivity contribution in [1.29, 1.82) is 0 Å². The maximum absolute atomic E-state index is 5.85. The smallest absolute Gasteiger partial charge is 0.160 e. The van der Waals surface area contributed by atoms with Crippen LogP contribution in [0.2, 0.25) is 0 Å². The van der Waals surface area contributed by atoms with Gasteiger partial charge in [-0.25, -0.2) is 4.98 Å². The fourth-order valence-corrected chi connectivity index (χ4v) is 4.16. The molecular formula is C20H24N6O. The monoisotopic (exact) mass is 364 g/mol. The molecule has 0 saturated carbocycles. The number of aryl methyl sites for hydroxylation is 1. The highest BCUT2D eigenvalue weighted by Gasteiger charge is 2.32. The van der Waals surface area contributed by atoms with E-state index in [-0.39, 0.29) is 6.04 Å². The number of pyridine rings is 1. The second-order valence-electron chi connectivity index (χ2n) is 7.36. The first kappa shape index (κ1) is 16.6. The largest absolute Gasteiger partial charge is 0.379 e. The van der Waals surface area contributed by atoms with Gasteiger partial charge in [0.2, 0.25) is 0 Å². The molecule has 1 N–H and O–H groups in total. The fraction of sp³-hybridized carbons (Fsp3) is 0.450. The summed E-state index contributed by atoms with van der Waals surface area (Å²) in [5.74, 6) is 1.35. The Balaban J connectivity index is 1.42. The summed E-state index contributed by atoms with van der Waals surface area (Å²) < 4.78 is 10.2. The zero-order valence-corrected chi connectivity index (χ0v) is 15.3. The Labute approximate surface area is 158 Å². The summed E-state index contributed by atoms with van der Waals surface area (Å²) in [6, 6.07) is 6.62. The van der Waals surface area contributed by atoms with Crippen molar-refractivity contribution in [1.82, 2.24) is 29.6 Å². The Kier molecular flexibility index (Phi) is 4.47. The highest BCUT2D eigenvalue weighted by Crippen LogP contribution is 2.32. The standard InChI is InChI=1S/C20H24N6O/c1-4-22-12-17-11-18(24-26(17)8-1)20-23-7-9-25(20)19-14-27-13-16(19)10-15-2-5-21-6-3-15/h2-3,5-7,9,11,16,19,22H,1,4,8,10,12-14H2/t16-,19-/m1/s1. The molecule has 0 radical (unpaired) electrons. The van der Waals surface area contributed by atoms with Crippen LogP contribution in [0.5, 0.6) is 0 Å². The summed E-state index contributed by atoms with van der Waals surface area (Å²) in [5, 5.41) is 8.29. The second-order valence-corrected chi connectivity index (χ2v) is 7.36. The molecule has 3 aromatic heterocycles. The van der Waals surface area contributed by atoms with E-state index in [4.69, 9.17) is 9.84 Å². The van der Waals surface area contributed by atoms with E-state index in [0.29, 0.717) is 12.5 Å². The van der Waals surface area contributed by atoms with Gasteiger partial charge >= 0.3 is 0 Å². The predicted octanol–water partition coefficient (Wildman–Crippen LogP) is 2.07. The summed E-state index contributed by atoms with van der Waals surface area (Å²) in [6.07, 6.45) is 9.74. The van der Waals surface area contributed by atoms with E-state index in [0.717, 1.165) is 50.6 Å². The molecule has 0 aliphatic carbocycles. The zero-order chi connectivity index (χ0) is 18.1. The van der Waals surface area contributed by atoms with Crippen LogP contribution in [0.4, 0.5) is 0 Å². The molecule has 3 aromatic rings. The molecule has 0 unspecified atom stereocenters. The van der Waals surface area contributed by atoms with E-state index in [2.05, 4.69) is 48.9 Å². The van der Waals surface area contributed by atoms with Crippen molar-refractivity contribution in [3.05, 3.63) is 54.2 Å². The van der Waals surface area contributed by atoms with E-state index in [1.165, 1.54) is 11.3 Å². The summed E-state index contributed by atoms with van der Waals surface area (Å²) in [4.78, 5) is 8.76. The molecule has 7 heteroatoms. The second kappa shape index (κ2) is 7.25. The molecular weight excluding hydrogens is 340 g/mol. The lowest BCUT2D eigenvalue weighted by molar-refractivity contribution is 0.181. The maximum atomic E-state index is 5.85. The molecule has 27 heavy (non-hydrogen) atoms. The Hall–Kier alpha value is -2.51. The van der Waals surface area contributed by atoms with Crippen molar-refractivity contribution in [3.63, 3.8) is 0 Å².